The number of carbonyl (C=O) groups is 3. The number of hydrogen-bond donors (Lipinski definition) is 1. The van der Waals surface area contributed by atoms with Crippen molar-refractivity contribution in [3.05, 3.63) is 137 Å². The van der Waals surface area contributed by atoms with Crippen LogP contribution in [0.3, 0.4) is 0 Å². The van der Waals surface area contributed by atoms with E-state index in [-0.39, 0.29) is 11.5 Å². The molecule has 7 rings (SSSR count). The van der Waals surface area contributed by atoms with E-state index >= 15 is 0 Å². The fourth-order valence-electron chi connectivity index (χ4n) is 6.42. The molecule has 0 saturated carbocycles. The van der Waals surface area contributed by atoms with Crippen LogP contribution in [0.2, 0.25) is 0 Å². The number of nitrogens with one attached hydrogen (secondary N) is 1. The smallest absolute Gasteiger partial charge is 0.340 e. The molecule has 4 heterocycles. The molecule has 0 saturated heterocycles. The van der Waals surface area contributed by atoms with Crippen LogP contribution in [0.15, 0.2) is 103 Å². The highest BCUT2D eigenvalue weighted by Crippen LogP contribution is 2.57. The number of esters is 3. The van der Waals surface area contributed by atoms with E-state index in [1.54, 1.807) is 48.7 Å². The van der Waals surface area contributed by atoms with Gasteiger partial charge >= 0.3 is 17.9 Å². The summed E-state index contributed by atoms with van der Waals surface area (Å²) in [5, 5.41) is 3.54. The Bertz CT molecular complexity index is 2010. The molecule has 2 aliphatic rings. The van der Waals surface area contributed by atoms with E-state index in [0.29, 0.717) is 46.8 Å². The first-order valence-corrected chi connectivity index (χ1v) is 16.3. The Morgan fingerprint density at radius 2 is 1.40 bits per heavy atom. The third-order valence-electron chi connectivity index (χ3n) is 8.55. The van der Waals surface area contributed by atoms with Gasteiger partial charge in [0.2, 0.25) is 0 Å². The molecular weight excluding hydrogens is 636 g/mol. The van der Waals surface area contributed by atoms with Gasteiger partial charge in [-0.1, -0.05) is 12.1 Å². The Kier molecular flexibility index (Phi) is 8.97. The minimum Gasteiger partial charge on any atom is -0.456 e. The summed E-state index contributed by atoms with van der Waals surface area (Å²) in [6, 6.07) is 27.3. The number of aromatic nitrogens is 2. The van der Waals surface area contributed by atoms with Crippen LogP contribution in [0.4, 0.5) is 5.69 Å². The van der Waals surface area contributed by atoms with Crippen LogP contribution in [0, 0.1) is 0 Å². The summed E-state index contributed by atoms with van der Waals surface area (Å²) < 4.78 is 23.3. The number of ether oxygens (including phenoxy) is 4. The third kappa shape index (κ3) is 6.63. The summed E-state index contributed by atoms with van der Waals surface area (Å²) in [4.78, 5) is 48.4. The minimum atomic E-state index is -1.38. The first-order valence-electron chi connectivity index (χ1n) is 16.3. The molecule has 1 spiro atoms. The Labute approximate surface area is 288 Å². The standard InChI is InChI=1S/C39H34N4O7/c1-25(44)47-30-10-13-33-36(22-30)49-37-23-31(48-26(2)45)11-14-34(37)39(33)35-21-28(9-12-32(35)38(46)50-39)42-18-20-43(24-29-8-4-6-17-41-29)19-15-27-7-3-5-16-40-27/h3-14,16-17,21-23,42H,15,18-20,24H2,1-2H3. The number of anilines is 1. The van der Waals surface area contributed by atoms with Crippen molar-refractivity contribution in [2.45, 2.75) is 32.4 Å². The van der Waals surface area contributed by atoms with Crippen molar-refractivity contribution < 1.29 is 33.3 Å². The number of carbonyl (C=O) groups excluding carboxylic acids is 3. The predicted molar refractivity (Wildman–Crippen MR) is 183 cm³/mol. The molecule has 50 heavy (non-hydrogen) atoms. The lowest BCUT2D eigenvalue weighted by Crippen LogP contribution is -2.33. The summed E-state index contributed by atoms with van der Waals surface area (Å²) in [7, 11) is 0. The number of pyridine rings is 2. The Balaban J connectivity index is 1.19. The molecule has 0 amide bonds. The third-order valence-corrected chi connectivity index (χ3v) is 8.55. The summed E-state index contributed by atoms with van der Waals surface area (Å²) in [5.74, 6) is -0.280. The first kappa shape index (κ1) is 32.5. The van der Waals surface area contributed by atoms with Gasteiger partial charge in [0.25, 0.3) is 0 Å². The van der Waals surface area contributed by atoms with Crippen LogP contribution in [0.5, 0.6) is 23.0 Å². The summed E-state index contributed by atoms with van der Waals surface area (Å²) in [6.07, 6.45) is 4.41. The van der Waals surface area contributed by atoms with Gasteiger partial charge in [-0.3, -0.25) is 24.5 Å². The molecular formula is C39H34N4O7. The van der Waals surface area contributed by atoms with Crippen molar-refractivity contribution in [2.75, 3.05) is 25.0 Å². The number of hydrogen-bond acceptors (Lipinski definition) is 11. The van der Waals surface area contributed by atoms with Crippen molar-refractivity contribution in [1.82, 2.24) is 14.9 Å². The fraction of sp³-hybridized carbons (Fsp3) is 0.205. The highest BCUT2D eigenvalue weighted by Gasteiger charge is 2.54. The Morgan fingerprint density at radius 1 is 0.760 bits per heavy atom. The maximum absolute atomic E-state index is 13.5. The number of rotatable bonds is 11. The SMILES string of the molecule is CC(=O)Oc1ccc2c(c1)Oc1cc(OC(C)=O)ccc1C21OC(=O)c2ccc(NCCN(CCc3ccccn3)Cc3ccccn3)cc21. The van der Waals surface area contributed by atoms with Crippen LogP contribution in [-0.4, -0.2) is 52.4 Å². The quantitative estimate of drug-likeness (QED) is 0.130. The number of fused-ring (bicyclic) bond motifs is 6. The first-order chi connectivity index (χ1) is 24.3. The van der Waals surface area contributed by atoms with E-state index in [1.807, 2.05) is 54.7 Å². The van der Waals surface area contributed by atoms with E-state index in [4.69, 9.17) is 18.9 Å². The molecule has 5 aromatic rings. The molecule has 252 valence electrons. The van der Waals surface area contributed by atoms with Gasteiger partial charge in [0, 0.05) is 99.0 Å². The lowest BCUT2D eigenvalue weighted by molar-refractivity contribution is -0.132. The second kappa shape index (κ2) is 13.8. The zero-order valence-corrected chi connectivity index (χ0v) is 27.5. The van der Waals surface area contributed by atoms with Gasteiger partial charge in [0.15, 0.2) is 5.60 Å². The molecule has 2 aliphatic heterocycles. The van der Waals surface area contributed by atoms with Gasteiger partial charge in [-0.15, -0.1) is 0 Å². The van der Waals surface area contributed by atoms with Gasteiger partial charge in [-0.05, 0) is 66.7 Å². The molecule has 0 atom stereocenters. The lowest BCUT2D eigenvalue weighted by Gasteiger charge is -2.36. The highest BCUT2D eigenvalue weighted by molar-refractivity contribution is 5.97. The van der Waals surface area contributed by atoms with Crippen LogP contribution in [-0.2, 0) is 32.9 Å². The summed E-state index contributed by atoms with van der Waals surface area (Å²) in [5.41, 5.74) is 3.57. The monoisotopic (exact) mass is 670 g/mol. The maximum Gasteiger partial charge on any atom is 0.340 e. The fourth-order valence-corrected chi connectivity index (χ4v) is 6.42. The van der Waals surface area contributed by atoms with Gasteiger partial charge in [-0.25, -0.2) is 4.79 Å². The van der Waals surface area contributed by atoms with E-state index in [1.165, 1.54) is 13.8 Å². The van der Waals surface area contributed by atoms with Crippen molar-refractivity contribution in [1.29, 1.82) is 0 Å². The van der Waals surface area contributed by atoms with Crippen LogP contribution < -0.4 is 19.5 Å². The molecule has 11 heteroatoms. The second-order valence-electron chi connectivity index (χ2n) is 12.0. The van der Waals surface area contributed by atoms with E-state index in [0.717, 1.165) is 36.6 Å². The minimum absolute atomic E-state index is 0.268. The van der Waals surface area contributed by atoms with Crippen molar-refractivity contribution in [2.24, 2.45) is 0 Å². The second-order valence-corrected chi connectivity index (χ2v) is 12.0. The zero-order chi connectivity index (χ0) is 34.7. The molecule has 0 aliphatic carbocycles. The molecule has 2 aromatic heterocycles. The van der Waals surface area contributed by atoms with Crippen LogP contribution in [0.25, 0.3) is 0 Å². The molecule has 3 aromatic carbocycles. The van der Waals surface area contributed by atoms with Crippen LogP contribution >= 0.6 is 0 Å². The molecule has 0 fully saturated rings. The largest absolute Gasteiger partial charge is 0.456 e. The highest BCUT2D eigenvalue weighted by atomic mass is 16.6. The molecule has 0 unspecified atom stereocenters. The number of nitrogens with zero attached hydrogens (tertiary/aromatic N) is 3. The molecule has 0 radical (unpaired) electrons. The summed E-state index contributed by atoms with van der Waals surface area (Å²) in [6.45, 7) is 5.43. The van der Waals surface area contributed by atoms with Gasteiger partial charge in [0.05, 0.1) is 11.3 Å². The Morgan fingerprint density at radius 3 is 2.00 bits per heavy atom. The Hall–Kier alpha value is -6.07. The van der Waals surface area contributed by atoms with E-state index < -0.39 is 23.5 Å². The van der Waals surface area contributed by atoms with E-state index in [2.05, 4.69) is 20.2 Å². The van der Waals surface area contributed by atoms with Gasteiger partial charge in [0.1, 0.15) is 23.0 Å². The molecule has 1 N–H and O–H groups in total. The van der Waals surface area contributed by atoms with E-state index in [9.17, 15) is 14.4 Å². The van der Waals surface area contributed by atoms with Crippen molar-refractivity contribution >= 4 is 23.6 Å². The van der Waals surface area contributed by atoms with Gasteiger partial charge < -0.3 is 24.3 Å². The topological polar surface area (TPSA) is 129 Å². The predicted octanol–water partition coefficient (Wildman–Crippen LogP) is 6.05. The number of benzene rings is 3. The van der Waals surface area contributed by atoms with Crippen molar-refractivity contribution in [3.8, 4) is 23.0 Å². The normalized spacial score (nSPS) is 13.5. The molecule has 0 bridgehead atoms. The average Bonchev–Trinajstić information content (AvgIpc) is 3.38. The summed E-state index contributed by atoms with van der Waals surface area (Å²) >= 11 is 0. The molecule has 11 nitrogen and oxygen atoms in total. The lowest BCUT2D eigenvalue weighted by atomic mass is 9.77. The maximum atomic E-state index is 13.5. The van der Waals surface area contributed by atoms with Gasteiger partial charge in [-0.2, -0.15) is 0 Å². The van der Waals surface area contributed by atoms with Crippen LogP contribution in [0.1, 0.15) is 52.3 Å². The van der Waals surface area contributed by atoms with Crippen molar-refractivity contribution in [3.63, 3.8) is 0 Å². The zero-order valence-electron chi connectivity index (χ0n) is 27.5. The average molecular weight is 671 g/mol.